The second-order valence-corrected chi connectivity index (χ2v) is 6.70. The maximum atomic E-state index is 12.9. The Kier molecular flexibility index (Phi) is 5.90. The third kappa shape index (κ3) is 4.62. The van der Waals surface area contributed by atoms with E-state index in [2.05, 4.69) is 0 Å². The molecular weight excluding hydrogens is 337 g/mol. The number of nitrogens with zero attached hydrogens (tertiary/aromatic N) is 1. The van der Waals surface area contributed by atoms with E-state index in [9.17, 15) is 14.0 Å². The maximum absolute atomic E-state index is 12.9. The molecule has 0 bridgehead atoms. The minimum absolute atomic E-state index is 0.198. The molecule has 0 radical (unpaired) electrons. The number of carbonyl (C=O) groups excluding carboxylic acids is 2. The summed E-state index contributed by atoms with van der Waals surface area (Å²) in [6, 6.07) is 5.77. The lowest BCUT2D eigenvalue weighted by atomic mass is 10.2. The molecule has 0 aromatic heterocycles. The van der Waals surface area contributed by atoms with Gasteiger partial charge in [0.05, 0.1) is 11.0 Å². The quantitative estimate of drug-likeness (QED) is 0.461. The summed E-state index contributed by atoms with van der Waals surface area (Å²) < 4.78 is 18.4. The fourth-order valence-electron chi connectivity index (χ4n) is 1.82. The zero-order chi connectivity index (χ0) is 17.0. The molecule has 0 spiro atoms. The van der Waals surface area contributed by atoms with E-state index in [1.54, 1.807) is 25.1 Å². The molecule has 1 aromatic rings. The van der Waals surface area contributed by atoms with Crippen molar-refractivity contribution in [3.8, 4) is 0 Å². The molecular formula is C16H16FNO3S2. The van der Waals surface area contributed by atoms with Crippen LogP contribution in [0.4, 0.5) is 4.39 Å². The number of hydrogen-bond acceptors (Lipinski definition) is 5. The fourth-order valence-corrected chi connectivity index (χ4v) is 3.08. The second-order valence-electron chi connectivity index (χ2n) is 5.03. The van der Waals surface area contributed by atoms with Crippen molar-refractivity contribution in [3.05, 3.63) is 40.6 Å². The van der Waals surface area contributed by atoms with Crippen LogP contribution in [0, 0.1) is 5.82 Å². The standard InChI is InChI=1S/C16H16FNO3S2/c1-3-10(2)21-14(19)9-18-15(20)13(23-16(18)22)8-11-4-6-12(17)7-5-11/h4-8,10H,3,9H2,1-2H3/b13-8+/t10-/m1/s1. The average Bonchev–Trinajstić information content (AvgIpc) is 2.77. The van der Waals surface area contributed by atoms with E-state index in [1.807, 2.05) is 6.92 Å². The Morgan fingerprint density at radius 3 is 2.70 bits per heavy atom. The van der Waals surface area contributed by atoms with Crippen LogP contribution < -0.4 is 0 Å². The fraction of sp³-hybridized carbons (Fsp3) is 0.312. The van der Waals surface area contributed by atoms with Gasteiger partial charge in [-0.25, -0.2) is 4.39 Å². The maximum Gasteiger partial charge on any atom is 0.326 e. The van der Waals surface area contributed by atoms with Crippen LogP contribution in [0.1, 0.15) is 25.8 Å². The minimum Gasteiger partial charge on any atom is -0.461 e. The number of benzene rings is 1. The van der Waals surface area contributed by atoms with Crippen molar-refractivity contribution in [1.82, 2.24) is 4.90 Å². The molecule has 122 valence electrons. The lowest BCUT2D eigenvalue weighted by Gasteiger charge is -2.16. The van der Waals surface area contributed by atoms with Crippen LogP contribution in [-0.4, -0.2) is 33.7 Å². The Morgan fingerprint density at radius 2 is 2.09 bits per heavy atom. The van der Waals surface area contributed by atoms with Gasteiger partial charge in [-0.1, -0.05) is 43.0 Å². The number of esters is 1. The Balaban J connectivity index is 2.07. The van der Waals surface area contributed by atoms with Gasteiger partial charge in [0.1, 0.15) is 16.7 Å². The van der Waals surface area contributed by atoms with Crippen LogP contribution >= 0.6 is 24.0 Å². The highest BCUT2D eigenvalue weighted by Gasteiger charge is 2.33. The van der Waals surface area contributed by atoms with Gasteiger partial charge in [0.2, 0.25) is 0 Å². The number of carbonyl (C=O) groups is 2. The molecule has 7 heteroatoms. The van der Waals surface area contributed by atoms with E-state index in [1.165, 1.54) is 17.0 Å². The van der Waals surface area contributed by atoms with Gasteiger partial charge in [-0.2, -0.15) is 0 Å². The summed E-state index contributed by atoms with van der Waals surface area (Å²) in [5.41, 5.74) is 0.689. The van der Waals surface area contributed by atoms with Crippen molar-refractivity contribution in [2.75, 3.05) is 6.54 Å². The van der Waals surface area contributed by atoms with Crippen LogP contribution in [0.2, 0.25) is 0 Å². The Hall–Kier alpha value is -1.73. The average molecular weight is 353 g/mol. The summed E-state index contributed by atoms with van der Waals surface area (Å²) in [7, 11) is 0. The van der Waals surface area contributed by atoms with Crippen molar-refractivity contribution in [2.24, 2.45) is 0 Å². The van der Waals surface area contributed by atoms with Crippen molar-refractivity contribution in [2.45, 2.75) is 26.4 Å². The van der Waals surface area contributed by atoms with Crippen molar-refractivity contribution in [3.63, 3.8) is 0 Å². The normalized spacial score (nSPS) is 17.7. The SMILES string of the molecule is CC[C@@H](C)OC(=O)CN1C(=O)/C(=C\c2ccc(F)cc2)SC1=S. The van der Waals surface area contributed by atoms with Gasteiger partial charge in [0.15, 0.2) is 0 Å². The van der Waals surface area contributed by atoms with Gasteiger partial charge < -0.3 is 4.74 Å². The molecule has 0 aliphatic carbocycles. The number of amides is 1. The Labute approximate surface area is 143 Å². The summed E-state index contributed by atoms with van der Waals surface area (Å²) in [6.07, 6.45) is 2.13. The van der Waals surface area contributed by atoms with E-state index in [4.69, 9.17) is 17.0 Å². The van der Waals surface area contributed by atoms with E-state index >= 15 is 0 Å². The van der Waals surface area contributed by atoms with Crippen LogP contribution in [-0.2, 0) is 14.3 Å². The van der Waals surface area contributed by atoms with Gasteiger partial charge in [-0.05, 0) is 37.1 Å². The van der Waals surface area contributed by atoms with Gasteiger partial charge in [0.25, 0.3) is 5.91 Å². The van der Waals surface area contributed by atoms with Gasteiger partial charge in [-0.3, -0.25) is 14.5 Å². The lowest BCUT2D eigenvalue weighted by molar-refractivity contribution is -0.150. The van der Waals surface area contributed by atoms with Gasteiger partial charge in [0, 0.05) is 0 Å². The summed E-state index contributed by atoms with van der Waals surface area (Å²) >= 11 is 6.27. The topological polar surface area (TPSA) is 46.6 Å². The Morgan fingerprint density at radius 1 is 1.43 bits per heavy atom. The molecule has 4 nitrogen and oxygen atoms in total. The van der Waals surface area contributed by atoms with Gasteiger partial charge in [-0.15, -0.1) is 0 Å². The van der Waals surface area contributed by atoms with E-state index in [0.717, 1.165) is 11.8 Å². The molecule has 1 aromatic carbocycles. The molecule has 0 saturated carbocycles. The first-order valence-electron chi connectivity index (χ1n) is 7.11. The Bertz CT molecular complexity index is 658. The summed E-state index contributed by atoms with van der Waals surface area (Å²) in [6.45, 7) is 3.50. The summed E-state index contributed by atoms with van der Waals surface area (Å²) in [4.78, 5) is 25.8. The monoisotopic (exact) mass is 353 g/mol. The van der Waals surface area contributed by atoms with Crippen LogP contribution in [0.3, 0.4) is 0 Å². The van der Waals surface area contributed by atoms with E-state index < -0.39 is 5.97 Å². The van der Waals surface area contributed by atoms with E-state index in [0.29, 0.717) is 21.2 Å². The number of thioether (sulfide) groups is 1. The molecule has 1 atom stereocenters. The molecule has 1 amide bonds. The van der Waals surface area contributed by atoms with Crippen molar-refractivity contribution < 1.29 is 18.7 Å². The number of hydrogen-bond donors (Lipinski definition) is 0. The zero-order valence-corrected chi connectivity index (χ0v) is 14.4. The molecule has 1 heterocycles. The smallest absolute Gasteiger partial charge is 0.326 e. The highest BCUT2D eigenvalue weighted by atomic mass is 32.2. The first-order valence-corrected chi connectivity index (χ1v) is 8.33. The van der Waals surface area contributed by atoms with Crippen LogP contribution in [0.15, 0.2) is 29.2 Å². The third-order valence-electron chi connectivity index (χ3n) is 3.24. The molecule has 1 saturated heterocycles. The largest absolute Gasteiger partial charge is 0.461 e. The zero-order valence-electron chi connectivity index (χ0n) is 12.7. The molecule has 1 aliphatic rings. The molecule has 0 unspecified atom stereocenters. The highest BCUT2D eigenvalue weighted by Crippen LogP contribution is 2.32. The number of ether oxygens (including phenoxy) is 1. The lowest BCUT2D eigenvalue weighted by Crippen LogP contribution is -2.35. The predicted octanol–water partition coefficient (Wildman–Crippen LogP) is 3.37. The van der Waals surface area contributed by atoms with Gasteiger partial charge >= 0.3 is 5.97 Å². The molecule has 23 heavy (non-hydrogen) atoms. The minimum atomic E-state index is -0.487. The second kappa shape index (κ2) is 7.70. The molecule has 1 fully saturated rings. The summed E-state index contributed by atoms with van der Waals surface area (Å²) in [5.74, 6) is -1.17. The van der Waals surface area contributed by atoms with Crippen molar-refractivity contribution in [1.29, 1.82) is 0 Å². The molecule has 0 N–H and O–H groups in total. The van der Waals surface area contributed by atoms with E-state index in [-0.39, 0.29) is 24.4 Å². The third-order valence-corrected chi connectivity index (χ3v) is 4.61. The predicted molar refractivity (Wildman–Crippen MR) is 92.1 cm³/mol. The number of halogens is 1. The number of rotatable bonds is 5. The molecule has 1 aliphatic heterocycles. The molecule has 2 rings (SSSR count). The van der Waals surface area contributed by atoms with Crippen molar-refractivity contribution >= 4 is 46.3 Å². The first-order chi connectivity index (χ1) is 10.9. The summed E-state index contributed by atoms with van der Waals surface area (Å²) in [5, 5.41) is 0. The van der Waals surface area contributed by atoms with Crippen LogP contribution in [0.5, 0.6) is 0 Å². The van der Waals surface area contributed by atoms with Crippen LogP contribution in [0.25, 0.3) is 6.08 Å². The highest BCUT2D eigenvalue weighted by molar-refractivity contribution is 8.26. The first kappa shape index (κ1) is 17.6. The number of thiocarbonyl (C=S) groups is 1.